The number of benzene rings is 1. The molecule has 3 rings (SSSR count). The topological polar surface area (TPSA) is 77.0 Å². The van der Waals surface area contributed by atoms with E-state index in [-0.39, 0.29) is 41.5 Å². The van der Waals surface area contributed by atoms with E-state index in [2.05, 4.69) is 56.6 Å². The van der Waals surface area contributed by atoms with Crippen molar-refractivity contribution in [3.05, 3.63) is 29.8 Å². The van der Waals surface area contributed by atoms with E-state index in [1.54, 1.807) is 7.05 Å². The van der Waals surface area contributed by atoms with Crippen LogP contribution in [0.5, 0.6) is 0 Å². The summed E-state index contributed by atoms with van der Waals surface area (Å²) < 4.78 is 23.1. The molecule has 1 aromatic carbocycles. The quantitative estimate of drug-likeness (QED) is 0.249. The van der Waals surface area contributed by atoms with Gasteiger partial charge in [-0.15, -0.1) is 24.0 Å². The number of anilines is 1. The zero-order chi connectivity index (χ0) is 20.0. The van der Waals surface area contributed by atoms with Crippen LogP contribution in [-0.2, 0) is 9.84 Å². The van der Waals surface area contributed by atoms with E-state index in [1.165, 1.54) is 11.3 Å². The first-order valence-electron chi connectivity index (χ1n) is 10.2. The lowest BCUT2D eigenvalue weighted by atomic mass is 10.2. The minimum absolute atomic E-state index is 0. The van der Waals surface area contributed by atoms with Gasteiger partial charge in [0.1, 0.15) is 0 Å². The SMILES string of the molecule is CN=C(NCCCN1CCN(c2cccc(C)c2)CC1)NC1CCS(=O)(=O)C1.I. The Bertz CT molecular complexity index is 779. The van der Waals surface area contributed by atoms with Crippen LogP contribution in [0.1, 0.15) is 18.4 Å². The normalized spacial score (nSPS) is 22.2. The van der Waals surface area contributed by atoms with E-state index in [1.807, 2.05) is 0 Å². The van der Waals surface area contributed by atoms with Gasteiger partial charge in [-0.05, 0) is 44.0 Å². The number of sulfone groups is 1. The van der Waals surface area contributed by atoms with Crippen molar-refractivity contribution >= 4 is 45.5 Å². The number of nitrogens with one attached hydrogen (secondary N) is 2. The molecule has 2 aliphatic heterocycles. The second-order valence-corrected chi connectivity index (χ2v) is 9.99. The van der Waals surface area contributed by atoms with Gasteiger partial charge in [-0.2, -0.15) is 0 Å². The summed E-state index contributed by atoms with van der Waals surface area (Å²) in [5, 5.41) is 6.54. The van der Waals surface area contributed by atoms with Gasteiger partial charge in [-0.25, -0.2) is 8.42 Å². The number of aryl methyl sites for hydroxylation is 1. The van der Waals surface area contributed by atoms with Crippen LogP contribution in [0, 0.1) is 6.92 Å². The molecule has 164 valence electrons. The van der Waals surface area contributed by atoms with Gasteiger partial charge in [0.25, 0.3) is 0 Å². The number of guanidine groups is 1. The first kappa shape index (κ1) is 24.2. The second-order valence-electron chi connectivity index (χ2n) is 7.76. The summed E-state index contributed by atoms with van der Waals surface area (Å²) in [5.74, 6) is 1.18. The summed E-state index contributed by atoms with van der Waals surface area (Å²) >= 11 is 0. The average molecular weight is 535 g/mol. The summed E-state index contributed by atoms with van der Waals surface area (Å²) in [7, 11) is -1.15. The predicted molar refractivity (Wildman–Crippen MR) is 131 cm³/mol. The number of aliphatic imine (C=N–C) groups is 1. The number of hydrogen-bond donors (Lipinski definition) is 2. The lowest BCUT2D eigenvalue weighted by Gasteiger charge is -2.36. The third-order valence-corrected chi connectivity index (χ3v) is 7.25. The Morgan fingerprint density at radius 2 is 2.00 bits per heavy atom. The molecule has 2 heterocycles. The van der Waals surface area contributed by atoms with Gasteiger partial charge in [0.05, 0.1) is 11.5 Å². The molecule has 2 N–H and O–H groups in total. The predicted octanol–water partition coefficient (Wildman–Crippen LogP) is 1.48. The molecule has 1 aromatic rings. The molecule has 0 aliphatic carbocycles. The third kappa shape index (κ3) is 7.60. The van der Waals surface area contributed by atoms with E-state index in [0.717, 1.165) is 45.7 Å². The highest BCUT2D eigenvalue weighted by Crippen LogP contribution is 2.17. The fraction of sp³-hybridized carbons (Fsp3) is 0.650. The molecule has 0 aromatic heterocycles. The highest BCUT2D eigenvalue weighted by atomic mass is 127. The lowest BCUT2D eigenvalue weighted by molar-refractivity contribution is 0.255. The monoisotopic (exact) mass is 535 g/mol. The van der Waals surface area contributed by atoms with Crippen LogP contribution in [0.4, 0.5) is 5.69 Å². The van der Waals surface area contributed by atoms with Crippen LogP contribution in [0.15, 0.2) is 29.3 Å². The van der Waals surface area contributed by atoms with E-state index in [9.17, 15) is 8.42 Å². The molecule has 1 unspecified atom stereocenters. The fourth-order valence-corrected chi connectivity index (χ4v) is 5.53. The van der Waals surface area contributed by atoms with E-state index in [0.29, 0.717) is 12.4 Å². The molecular formula is C20H34IN5O2S. The molecule has 0 saturated carbocycles. The highest BCUT2D eigenvalue weighted by Gasteiger charge is 2.28. The zero-order valence-corrected chi connectivity index (χ0v) is 20.6. The maximum Gasteiger partial charge on any atom is 0.191 e. The molecule has 7 nitrogen and oxygen atoms in total. The molecule has 0 bridgehead atoms. The number of piperazine rings is 1. The second kappa shape index (κ2) is 11.4. The Hall–Kier alpha value is -1.07. The number of rotatable bonds is 6. The molecule has 2 fully saturated rings. The third-order valence-electron chi connectivity index (χ3n) is 5.48. The van der Waals surface area contributed by atoms with Crippen molar-refractivity contribution in [1.29, 1.82) is 0 Å². The molecule has 2 aliphatic rings. The van der Waals surface area contributed by atoms with Crippen LogP contribution in [0.3, 0.4) is 0 Å². The average Bonchev–Trinajstić information content (AvgIpc) is 3.03. The lowest BCUT2D eigenvalue weighted by Crippen LogP contribution is -2.47. The molecule has 0 spiro atoms. The summed E-state index contributed by atoms with van der Waals surface area (Å²) in [6, 6.07) is 8.70. The van der Waals surface area contributed by atoms with Crippen LogP contribution in [-0.4, -0.2) is 83.1 Å². The smallest absolute Gasteiger partial charge is 0.191 e. The molecule has 1 atom stereocenters. The van der Waals surface area contributed by atoms with Crippen molar-refractivity contribution in [1.82, 2.24) is 15.5 Å². The van der Waals surface area contributed by atoms with Gasteiger partial charge in [-0.3, -0.25) is 9.89 Å². The fourth-order valence-electron chi connectivity index (χ4n) is 3.86. The van der Waals surface area contributed by atoms with Gasteiger partial charge >= 0.3 is 0 Å². The standard InChI is InChI=1S/C20H33N5O2S.HI/c1-17-5-3-6-19(15-17)25-12-10-24(11-13-25)9-4-8-22-20(21-2)23-18-7-14-28(26,27)16-18;/h3,5-6,15,18H,4,7-14,16H2,1-2H3,(H2,21,22,23);1H. The maximum atomic E-state index is 11.6. The minimum atomic E-state index is -2.87. The molecule has 0 radical (unpaired) electrons. The van der Waals surface area contributed by atoms with E-state index in [4.69, 9.17) is 0 Å². The van der Waals surface area contributed by atoms with Crippen LogP contribution < -0.4 is 15.5 Å². The summed E-state index contributed by atoms with van der Waals surface area (Å²) in [6.07, 6.45) is 1.70. The Balaban J connectivity index is 0.00000300. The van der Waals surface area contributed by atoms with Crippen molar-refractivity contribution < 1.29 is 8.42 Å². The van der Waals surface area contributed by atoms with Crippen LogP contribution >= 0.6 is 24.0 Å². The van der Waals surface area contributed by atoms with Gasteiger partial charge < -0.3 is 15.5 Å². The van der Waals surface area contributed by atoms with Crippen LogP contribution in [0.25, 0.3) is 0 Å². The van der Waals surface area contributed by atoms with Gasteiger partial charge in [0, 0.05) is 51.5 Å². The summed E-state index contributed by atoms with van der Waals surface area (Å²) in [5.41, 5.74) is 2.63. The van der Waals surface area contributed by atoms with E-state index < -0.39 is 9.84 Å². The van der Waals surface area contributed by atoms with Crippen molar-refractivity contribution in [2.24, 2.45) is 4.99 Å². The molecule has 0 amide bonds. The van der Waals surface area contributed by atoms with E-state index >= 15 is 0 Å². The van der Waals surface area contributed by atoms with Crippen LogP contribution in [0.2, 0.25) is 0 Å². The highest BCUT2D eigenvalue weighted by molar-refractivity contribution is 14.0. The molecule has 9 heteroatoms. The Morgan fingerprint density at radius 3 is 2.62 bits per heavy atom. The number of hydrogen-bond acceptors (Lipinski definition) is 5. The van der Waals surface area contributed by atoms with Gasteiger partial charge in [-0.1, -0.05) is 12.1 Å². The molecule has 29 heavy (non-hydrogen) atoms. The first-order valence-corrected chi connectivity index (χ1v) is 12.0. The maximum absolute atomic E-state index is 11.6. The Morgan fingerprint density at radius 1 is 1.24 bits per heavy atom. The zero-order valence-electron chi connectivity index (χ0n) is 17.4. The Labute approximate surface area is 192 Å². The van der Waals surface area contributed by atoms with Crippen molar-refractivity contribution in [2.75, 3.05) is 62.7 Å². The molecule has 2 saturated heterocycles. The van der Waals surface area contributed by atoms with Crippen molar-refractivity contribution in [3.8, 4) is 0 Å². The number of halogens is 1. The largest absolute Gasteiger partial charge is 0.369 e. The van der Waals surface area contributed by atoms with Crippen molar-refractivity contribution in [3.63, 3.8) is 0 Å². The van der Waals surface area contributed by atoms with Gasteiger partial charge in [0.15, 0.2) is 15.8 Å². The van der Waals surface area contributed by atoms with Gasteiger partial charge in [0.2, 0.25) is 0 Å². The summed E-state index contributed by atoms with van der Waals surface area (Å²) in [4.78, 5) is 9.18. The summed E-state index contributed by atoms with van der Waals surface area (Å²) in [6.45, 7) is 8.33. The Kier molecular flexibility index (Phi) is 9.48. The first-order chi connectivity index (χ1) is 13.4. The van der Waals surface area contributed by atoms with Crippen molar-refractivity contribution in [2.45, 2.75) is 25.8 Å². The number of nitrogens with zero attached hydrogens (tertiary/aromatic N) is 3. The molecular weight excluding hydrogens is 501 g/mol. The minimum Gasteiger partial charge on any atom is -0.369 e.